The Bertz CT molecular complexity index is 1310. The second kappa shape index (κ2) is 7.99. The lowest BCUT2D eigenvalue weighted by Crippen LogP contribution is -2.28. The number of carbonyl (C=O) groups is 3. The Morgan fingerprint density at radius 2 is 1.78 bits per heavy atom. The summed E-state index contributed by atoms with van der Waals surface area (Å²) in [5, 5.41) is 7.10. The van der Waals surface area contributed by atoms with Gasteiger partial charge in [-0.3, -0.25) is 24.0 Å². The zero-order valence-corrected chi connectivity index (χ0v) is 16.9. The van der Waals surface area contributed by atoms with Crippen molar-refractivity contribution < 1.29 is 18.8 Å². The molecule has 0 atom stereocenters. The number of imide groups is 1. The van der Waals surface area contributed by atoms with Crippen molar-refractivity contribution in [3.8, 4) is 0 Å². The van der Waals surface area contributed by atoms with Crippen LogP contribution in [0.5, 0.6) is 0 Å². The Labute approximate surface area is 183 Å². The number of furan rings is 1. The molecular weight excluding hydrogens is 408 g/mol. The van der Waals surface area contributed by atoms with E-state index in [1.807, 2.05) is 36.5 Å². The predicted molar refractivity (Wildman–Crippen MR) is 115 cm³/mol. The molecule has 0 unspecified atom stereocenters. The maximum absolute atomic E-state index is 12.9. The van der Waals surface area contributed by atoms with Crippen molar-refractivity contribution in [2.75, 3.05) is 5.32 Å². The highest BCUT2D eigenvalue weighted by Crippen LogP contribution is 2.26. The lowest BCUT2D eigenvalue weighted by Gasteiger charge is -2.12. The number of amides is 3. The number of hydrogen-bond donors (Lipinski definition) is 1. The fraction of sp³-hybridized carbons (Fsp3) is 0.0833. The first-order valence-corrected chi connectivity index (χ1v) is 9.99. The van der Waals surface area contributed by atoms with Crippen LogP contribution >= 0.6 is 0 Å². The van der Waals surface area contributed by atoms with Crippen LogP contribution in [0.1, 0.15) is 42.4 Å². The fourth-order valence-electron chi connectivity index (χ4n) is 3.68. The van der Waals surface area contributed by atoms with Crippen molar-refractivity contribution in [2.24, 2.45) is 0 Å². The summed E-state index contributed by atoms with van der Waals surface area (Å²) in [5.74, 6) is -0.718. The second-order valence-electron chi connectivity index (χ2n) is 7.35. The molecule has 2 aromatic heterocycles. The van der Waals surface area contributed by atoms with Crippen molar-refractivity contribution >= 4 is 23.4 Å². The maximum atomic E-state index is 12.9. The van der Waals surface area contributed by atoms with Gasteiger partial charge in [0.2, 0.25) is 0 Å². The number of aromatic nitrogens is 2. The molecule has 0 spiro atoms. The van der Waals surface area contributed by atoms with E-state index >= 15 is 0 Å². The molecule has 0 bridgehead atoms. The van der Waals surface area contributed by atoms with E-state index in [0.29, 0.717) is 23.6 Å². The van der Waals surface area contributed by atoms with Gasteiger partial charge in [0.15, 0.2) is 0 Å². The Hall–Kier alpha value is -4.46. The van der Waals surface area contributed by atoms with Gasteiger partial charge in [-0.15, -0.1) is 0 Å². The second-order valence-corrected chi connectivity index (χ2v) is 7.35. The lowest BCUT2D eigenvalue weighted by atomic mass is 10.0. The Morgan fingerprint density at radius 1 is 0.938 bits per heavy atom. The van der Waals surface area contributed by atoms with Gasteiger partial charge in [-0.25, -0.2) is 0 Å². The number of fused-ring (bicyclic) bond motifs is 1. The summed E-state index contributed by atoms with van der Waals surface area (Å²) in [6.45, 7) is 0.546. The number of hydrogen-bond acceptors (Lipinski definition) is 5. The average Bonchev–Trinajstić information content (AvgIpc) is 3.55. The van der Waals surface area contributed by atoms with Gasteiger partial charge < -0.3 is 9.73 Å². The molecule has 5 rings (SSSR count). The van der Waals surface area contributed by atoms with Gasteiger partial charge in [0.05, 0.1) is 30.5 Å². The zero-order valence-electron chi connectivity index (χ0n) is 16.9. The molecule has 0 saturated heterocycles. The summed E-state index contributed by atoms with van der Waals surface area (Å²) < 4.78 is 7.01. The minimum atomic E-state index is -0.449. The zero-order chi connectivity index (χ0) is 22.1. The van der Waals surface area contributed by atoms with Gasteiger partial charge in [-0.2, -0.15) is 5.10 Å². The first-order valence-electron chi connectivity index (χ1n) is 9.99. The molecule has 1 aliphatic heterocycles. The first kappa shape index (κ1) is 19.5. The average molecular weight is 426 g/mol. The highest BCUT2D eigenvalue weighted by atomic mass is 16.3. The molecule has 8 heteroatoms. The van der Waals surface area contributed by atoms with Gasteiger partial charge in [0, 0.05) is 23.6 Å². The first-order chi connectivity index (χ1) is 15.6. The molecular formula is C24H18N4O4. The molecule has 1 aliphatic rings. The Kier molecular flexibility index (Phi) is 4.87. The standard InChI is InChI=1S/C24H18N4O4/c29-22(26-21-7-2-1-5-17(21)14-27-11-4-10-25-27)16-8-9-19-20(13-16)24(31)28(23(19)30)15-18-6-3-12-32-18/h1-13H,14-15H2,(H,26,29). The van der Waals surface area contributed by atoms with E-state index in [-0.39, 0.29) is 23.6 Å². The van der Waals surface area contributed by atoms with Gasteiger partial charge in [-0.1, -0.05) is 18.2 Å². The summed E-state index contributed by atoms with van der Waals surface area (Å²) in [5.41, 5.74) is 2.31. The number of nitrogens with one attached hydrogen (secondary N) is 1. The number of carbonyl (C=O) groups excluding carboxylic acids is 3. The van der Waals surface area contributed by atoms with Crippen LogP contribution in [-0.2, 0) is 13.1 Å². The van der Waals surface area contributed by atoms with E-state index in [9.17, 15) is 14.4 Å². The Balaban J connectivity index is 1.37. The van der Waals surface area contributed by atoms with Crippen molar-refractivity contribution in [3.63, 3.8) is 0 Å². The monoisotopic (exact) mass is 426 g/mol. The van der Waals surface area contributed by atoms with Crippen molar-refractivity contribution in [3.05, 3.63) is 107 Å². The van der Waals surface area contributed by atoms with Crippen LogP contribution in [0.3, 0.4) is 0 Å². The predicted octanol–water partition coefficient (Wildman–Crippen LogP) is 3.57. The highest BCUT2D eigenvalue weighted by molar-refractivity contribution is 6.22. The molecule has 0 saturated carbocycles. The molecule has 1 N–H and O–H groups in total. The maximum Gasteiger partial charge on any atom is 0.261 e. The van der Waals surface area contributed by atoms with Crippen LogP contribution in [0.25, 0.3) is 0 Å². The molecule has 2 aromatic carbocycles. The largest absolute Gasteiger partial charge is 0.467 e. The molecule has 3 heterocycles. The van der Waals surface area contributed by atoms with Crippen LogP contribution in [-0.4, -0.2) is 32.4 Å². The van der Waals surface area contributed by atoms with E-state index in [4.69, 9.17) is 4.42 Å². The lowest BCUT2D eigenvalue weighted by molar-refractivity contribution is 0.0631. The van der Waals surface area contributed by atoms with E-state index in [2.05, 4.69) is 10.4 Å². The third-order valence-corrected chi connectivity index (χ3v) is 5.28. The summed E-state index contributed by atoms with van der Waals surface area (Å²) >= 11 is 0. The third-order valence-electron chi connectivity index (χ3n) is 5.28. The number of anilines is 1. The molecule has 32 heavy (non-hydrogen) atoms. The Morgan fingerprint density at radius 3 is 2.56 bits per heavy atom. The summed E-state index contributed by atoms with van der Waals surface area (Å²) in [4.78, 5) is 39.5. The molecule has 0 fully saturated rings. The van der Waals surface area contributed by atoms with Crippen LogP contribution in [0.15, 0.2) is 83.7 Å². The van der Waals surface area contributed by atoms with Crippen molar-refractivity contribution in [1.29, 1.82) is 0 Å². The van der Waals surface area contributed by atoms with Crippen molar-refractivity contribution in [2.45, 2.75) is 13.1 Å². The van der Waals surface area contributed by atoms with E-state index < -0.39 is 11.8 Å². The van der Waals surface area contributed by atoms with Crippen LogP contribution in [0, 0.1) is 0 Å². The molecule has 0 aliphatic carbocycles. The van der Waals surface area contributed by atoms with Gasteiger partial charge in [0.1, 0.15) is 5.76 Å². The van der Waals surface area contributed by atoms with E-state index in [0.717, 1.165) is 10.5 Å². The summed E-state index contributed by atoms with van der Waals surface area (Å²) in [6.07, 6.45) is 5.02. The summed E-state index contributed by atoms with van der Waals surface area (Å²) in [6, 6.07) is 17.2. The quantitative estimate of drug-likeness (QED) is 0.476. The van der Waals surface area contributed by atoms with Crippen LogP contribution in [0.4, 0.5) is 5.69 Å². The number of nitrogens with zero attached hydrogens (tertiary/aromatic N) is 3. The smallest absolute Gasteiger partial charge is 0.261 e. The highest BCUT2D eigenvalue weighted by Gasteiger charge is 2.36. The minimum Gasteiger partial charge on any atom is -0.467 e. The van der Waals surface area contributed by atoms with Gasteiger partial charge >= 0.3 is 0 Å². The molecule has 3 amide bonds. The van der Waals surface area contributed by atoms with Gasteiger partial charge in [-0.05, 0) is 48.0 Å². The molecule has 4 aromatic rings. The topological polar surface area (TPSA) is 97.4 Å². The van der Waals surface area contributed by atoms with Crippen LogP contribution < -0.4 is 5.32 Å². The normalized spacial score (nSPS) is 12.8. The van der Waals surface area contributed by atoms with E-state index in [1.54, 1.807) is 29.1 Å². The van der Waals surface area contributed by atoms with Crippen LogP contribution in [0.2, 0.25) is 0 Å². The summed E-state index contributed by atoms with van der Waals surface area (Å²) in [7, 11) is 0. The number of benzene rings is 2. The molecule has 158 valence electrons. The van der Waals surface area contributed by atoms with E-state index in [1.165, 1.54) is 18.4 Å². The molecule has 8 nitrogen and oxygen atoms in total. The molecule has 0 radical (unpaired) electrons. The minimum absolute atomic E-state index is 0.0433. The number of rotatable bonds is 6. The third kappa shape index (κ3) is 3.58. The van der Waals surface area contributed by atoms with Crippen molar-refractivity contribution in [1.82, 2.24) is 14.7 Å². The SMILES string of the molecule is O=C(Nc1ccccc1Cn1cccn1)c1ccc2c(c1)C(=O)N(Cc1ccco1)C2=O. The fourth-order valence-corrected chi connectivity index (χ4v) is 3.68. The number of para-hydroxylation sites is 1. The van der Waals surface area contributed by atoms with Gasteiger partial charge in [0.25, 0.3) is 17.7 Å².